The van der Waals surface area contributed by atoms with Crippen LogP contribution in [-0.2, 0) is 15.0 Å². The molecule has 5 saturated carbocycles. The fourth-order valence-electron chi connectivity index (χ4n) is 7.26. The summed E-state index contributed by atoms with van der Waals surface area (Å²) in [6, 6.07) is 6.70. The number of amides is 2. The Morgan fingerprint density at radius 1 is 1.07 bits per heavy atom. The van der Waals surface area contributed by atoms with Crippen LogP contribution >= 0.6 is 0 Å². The maximum atomic E-state index is 13.9. The van der Waals surface area contributed by atoms with Crippen LogP contribution < -0.4 is 11.1 Å². The second kappa shape index (κ2) is 6.30. The Morgan fingerprint density at radius 3 is 2.36 bits per heavy atom. The molecule has 2 amide bonds. The van der Waals surface area contributed by atoms with E-state index in [1.807, 2.05) is 6.07 Å². The number of benzene rings is 1. The molecule has 5 heteroatoms. The van der Waals surface area contributed by atoms with Gasteiger partial charge in [0.15, 0.2) is 0 Å². The Hall–Kier alpha value is -1.91. The number of rotatable bonds is 4. The molecule has 0 radical (unpaired) electrons. The zero-order valence-corrected chi connectivity index (χ0v) is 16.3. The van der Waals surface area contributed by atoms with Gasteiger partial charge in [0.05, 0.1) is 5.41 Å². The van der Waals surface area contributed by atoms with E-state index in [2.05, 4.69) is 5.32 Å². The molecule has 5 aliphatic rings. The van der Waals surface area contributed by atoms with Crippen molar-refractivity contribution in [2.24, 2.45) is 28.9 Å². The molecule has 0 heterocycles. The van der Waals surface area contributed by atoms with Crippen molar-refractivity contribution in [1.82, 2.24) is 5.32 Å². The predicted octanol–water partition coefficient (Wildman–Crippen LogP) is 3.43. The maximum Gasteiger partial charge on any atom is 0.230 e. The summed E-state index contributed by atoms with van der Waals surface area (Å²) in [7, 11) is 0. The second-order valence-electron chi connectivity index (χ2n) is 9.91. The number of halogens is 1. The van der Waals surface area contributed by atoms with Crippen molar-refractivity contribution in [2.45, 2.75) is 69.2 Å². The monoisotopic (exact) mass is 384 g/mol. The van der Waals surface area contributed by atoms with Crippen molar-refractivity contribution in [3.05, 3.63) is 35.6 Å². The maximum absolute atomic E-state index is 13.9. The van der Waals surface area contributed by atoms with Crippen molar-refractivity contribution in [3.8, 4) is 0 Å². The Labute approximate surface area is 165 Å². The van der Waals surface area contributed by atoms with E-state index in [4.69, 9.17) is 5.73 Å². The number of nitrogens with one attached hydrogen (secondary N) is 1. The van der Waals surface area contributed by atoms with Crippen molar-refractivity contribution in [1.29, 1.82) is 0 Å². The first kappa shape index (κ1) is 18.1. The molecule has 0 aliphatic heterocycles. The summed E-state index contributed by atoms with van der Waals surface area (Å²) in [4.78, 5) is 25.7. The van der Waals surface area contributed by atoms with E-state index < -0.39 is 5.41 Å². The van der Waals surface area contributed by atoms with Crippen LogP contribution in [-0.4, -0.2) is 17.9 Å². The van der Waals surface area contributed by atoms with Gasteiger partial charge in [0.25, 0.3) is 0 Å². The normalized spacial score (nSPS) is 37.8. The third-order valence-corrected chi connectivity index (χ3v) is 8.36. The SMILES string of the molecule is NC(=O)C12CC3C[C@H](C1)C(NC(=O)C1(c4cccc(F)c4)CCCC1)[C@@H](C3)C2. The fraction of sp³-hybridized carbons (Fsp3) is 0.652. The molecule has 4 bridgehead atoms. The lowest BCUT2D eigenvalue weighted by molar-refractivity contribution is -0.148. The van der Waals surface area contributed by atoms with Crippen LogP contribution in [0.5, 0.6) is 0 Å². The summed E-state index contributed by atoms with van der Waals surface area (Å²) in [6.07, 6.45) is 8.27. The van der Waals surface area contributed by atoms with Crippen molar-refractivity contribution in [3.63, 3.8) is 0 Å². The average molecular weight is 384 g/mol. The van der Waals surface area contributed by atoms with E-state index >= 15 is 0 Å². The summed E-state index contributed by atoms with van der Waals surface area (Å²) in [5.41, 5.74) is 5.64. The number of primary amides is 1. The highest BCUT2D eigenvalue weighted by Gasteiger charge is 2.58. The third kappa shape index (κ3) is 2.61. The van der Waals surface area contributed by atoms with E-state index in [-0.39, 0.29) is 29.1 Å². The molecule has 3 unspecified atom stereocenters. The van der Waals surface area contributed by atoms with Gasteiger partial charge < -0.3 is 11.1 Å². The third-order valence-electron chi connectivity index (χ3n) is 8.36. The zero-order valence-electron chi connectivity index (χ0n) is 16.3. The van der Waals surface area contributed by atoms with Crippen molar-refractivity contribution >= 4 is 11.8 Å². The van der Waals surface area contributed by atoms with Crippen molar-refractivity contribution < 1.29 is 14.0 Å². The Morgan fingerprint density at radius 2 is 1.75 bits per heavy atom. The van der Waals surface area contributed by atoms with Gasteiger partial charge in [-0.05, 0) is 80.4 Å². The molecule has 5 fully saturated rings. The molecule has 5 aliphatic carbocycles. The summed E-state index contributed by atoms with van der Waals surface area (Å²) < 4.78 is 13.9. The minimum absolute atomic E-state index is 0.0567. The van der Waals surface area contributed by atoms with Gasteiger partial charge in [0.1, 0.15) is 5.82 Å². The van der Waals surface area contributed by atoms with Gasteiger partial charge >= 0.3 is 0 Å². The summed E-state index contributed by atoms with van der Waals surface area (Å²) in [5, 5.41) is 3.41. The van der Waals surface area contributed by atoms with Crippen LogP contribution in [0.25, 0.3) is 0 Å². The lowest BCUT2D eigenvalue weighted by Crippen LogP contribution is -2.63. The number of hydrogen-bond acceptors (Lipinski definition) is 2. The molecule has 0 saturated heterocycles. The van der Waals surface area contributed by atoms with Crippen molar-refractivity contribution in [2.75, 3.05) is 0 Å². The lowest BCUT2D eigenvalue weighted by atomic mass is 9.47. The summed E-state index contributed by atoms with van der Waals surface area (Å²) in [6.45, 7) is 0. The first-order valence-electron chi connectivity index (χ1n) is 10.8. The van der Waals surface area contributed by atoms with Gasteiger partial charge in [-0.15, -0.1) is 0 Å². The highest BCUT2D eigenvalue weighted by molar-refractivity contribution is 5.89. The molecule has 150 valence electrons. The average Bonchev–Trinajstić information content (AvgIpc) is 3.15. The highest BCUT2D eigenvalue weighted by Crippen LogP contribution is 2.60. The lowest BCUT2D eigenvalue weighted by Gasteiger charge is -2.59. The predicted molar refractivity (Wildman–Crippen MR) is 104 cm³/mol. The first-order valence-corrected chi connectivity index (χ1v) is 10.8. The molecule has 3 N–H and O–H groups in total. The van der Waals surface area contributed by atoms with E-state index in [9.17, 15) is 14.0 Å². The molecule has 1 aromatic carbocycles. The molecule has 1 aromatic rings. The van der Waals surface area contributed by atoms with Gasteiger partial charge in [-0.1, -0.05) is 25.0 Å². The van der Waals surface area contributed by atoms with Gasteiger partial charge in [0.2, 0.25) is 11.8 Å². The molecule has 6 rings (SSSR count). The molecule has 28 heavy (non-hydrogen) atoms. The topological polar surface area (TPSA) is 72.2 Å². The first-order chi connectivity index (χ1) is 13.4. The number of nitrogens with two attached hydrogens (primary N) is 1. The van der Waals surface area contributed by atoms with E-state index in [1.54, 1.807) is 6.07 Å². The Kier molecular flexibility index (Phi) is 4.08. The van der Waals surface area contributed by atoms with Crippen LogP contribution in [0.15, 0.2) is 24.3 Å². The minimum atomic E-state index is -0.613. The number of hydrogen-bond donors (Lipinski definition) is 2. The standard InChI is InChI=1S/C23H29FN2O2/c24-18-5-3-4-17(10-18)23(6-1-2-7-23)21(28)26-19-15-8-14-9-16(19)13-22(11-14,12-15)20(25)27/h3-5,10,14-16,19H,1-2,6-9,11-13H2,(H2,25,27)(H,26,28)/t14?,15-,16+,19?,22?. The van der Waals surface area contributed by atoms with Crippen LogP contribution in [0.4, 0.5) is 4.39 Å². The summed E-state index contributed by atoms with van der Waals surface area (Å²) in [5.74, 6) is 0.878. The van der Waals surface area contributed by atoms with Crippen LogP contribution in [0.3, 0.4) is 0 Å². The van der Waals surface area contributed by atoms with Gasteiger partial charge in [0, 0.05) is 11.5 Å². The van der Waals surface area contributed by atoms with E-state index in [0.717, 1.165) is 63.4 Å². The quantitative estimate of drug-likeness (QED) is 0.835. The number of carbonyl (C=O) groups excluding carboxylic acids is 2. The molecular weight excluding hydrogens is 355 g/mol. The van der Waals surface area contributed by atoms with Crippen LogP contribution in [0.2, 0.25) is 0 Å². The molecule has 5 atom stereocenters. The van der Waals surface area contributed by atoms with Gasteiger partial charge in [-0.2, -0.15) is 0 Å². The smallest absolute Gasteiger partial charge is 0.230 e. The van der Waals surface area contributed by atoms with E-state index in [0.29, 0.717) is 17.8 Å². The molecule has 0 aromatic heterocycles. The van der Waals surface area contributed by atoms with Crippen LogP contribution in [0.1, 0.15) is 63.4 Å². The van der Waals surface area contributed by atoms with Gasteiger partial charge in [-0.25, -0.2) is 4.39 Å². The summed E-state index contributed by atoms with van der Waals surface area (Å²) >= 11 is 0. The van der Waals surface area contributed by atoms with E-state index in [1.165, 1.54) is 12.1 Å². The molecular formula is C23H29FN2O2. The molecule has 0 spiro atoms. The molecule has 4 nitrogen and oxygen atoms in total. The Bertz CT molecular complexity index is 801. The van der Waals surface area contributed by atoms with Crippen LogP contribution in [0, 0.1) is 29.0 Å². The number of carbonyl (C=O) groups is 2. The van der Waals surface area contributed by atoms with Gasteiger partial charge in [-0.3, -0.25) is 9.59 Å². The highest BCUT2D eigenvalue weighted by atomic mass is 19.1. The second-order valence-corrected chi connectivity index (χ2v) is 9.91. The zero-order chi connectivity index (χ0) is 19.5. The fourth-order valence-corrected chi connectivity index (χ4v) is 7.26. The largest absolute Gasteiger partial charge is 0.369 e. The minimum Gasteiger partial charge on any atom is -0.369 e. The Balaban J connectivity index is 1.40.